The number of pyridine rings is 1. The summed E-state index contributed by atoms with van der Waals surface area (Å²) in [4.78, 5) is 4.65. The summed E-state index contributed by atoms with van der Waals surface area (Å²) >= 11 is 15.9. The summed E-state index contributed by atoms with van der Waals surface area (Å²) in [6.07, 6.45) is 0. The molecule has 1 aromatic heterocycles. The maximum atomic E-state index is 6.34. The SMILES string of the molecule is NC(c1cccc(Cl)c1Cl)c1nc2ccccc2cc1Br. The Morgan fingerprint density at radius 1 is 1.05 bits per heavy atom. The van der Waals surface area contributed by atoms with E-state index in [-0.39, 0.29) is 0 Å². The van der Waals surface area contributed by atoms with Gasteiger partial charge in [0.15, 0.2) is 0 Å². The molecular weight excluding hydrogens is 371 g/mol. The number of fused-ring (bicyclic) bond motifs is 1. The molecule has 0 aliphatic rings. The summed E-state index contributed by atoms with van der Waals surface area (Å²) < 4.78 is 0.852. The quantitative estimate of drug-likeness (QED) is 0.649. The van der Waals surface area contributed by atoms with Gasteiger partial charge in [-0.25, -0.2) is 4.98 Å². The monoisotopic (exact) mass is 380 g/mol. The minimum absolute atomic E-state index is 0.449. The van der Waals surface area contributed by atoms with Crippen molar-refractivity contribution in [1.29, 1.82) is 0 Å². The third kappa shape index (κ3) is 2.79. The molecule has 21 heavy (non-hydrogen) atoms. The van der Waals surface area contributed by atoms with Crippen molar-refractivity contribution >= 4 is 50.0 Å². The van der Waals surface area contributed by atoms with Gasteiger partial charge in [0.2, 0.25) is 0 Å². The number of benzene rings is 2. The molecule has 0 bridgehead atoms. The number of nitrogens with two attached hydrogens (primary N) is 1. The third-order valence-electron chi connectivity index (χ3n) is 3.32. The summed E-state index contributed by atoms with van der Waals surface area (Å²) in [5, 5.41) is 2.01. The lowest BCUT2D eigenvalue weighted by molar-refractivity contribution is 0.830. The normalized spacial score (nSPS) is 12.6. The molecule has 106 valence electrons. The van der Waals surface area contributed by atoms with E-state index in [2.05, 4.69) is 20.9 Å². The second kappa shape index (κ2) is 5.93. The Labute approximate surface area is 141 Å². The fourth-order valence-electron chi connectivity index (χ4n) is 2.23. The van der Waals surface area contributed by atoms with Crippen molar-refractivity contribution in [2.75, 3.05) is 0 Å². The van der Waals surface area contributed by atoms with Crippen molar-refractivity contribution in [3.8, 4) is 0 Å². The van der Waals surface area contributed by atoms with E-state index in [1.807, 2.05) is 42.5 Å². The van der Waals surface area contributed by atoms with Crippen molar-refractivity contribution in [1.82, 2.24) is 4.98 Å². The second-order valence-electron chi connectivity index (χ2n) is 4.67. The molecule has 0 saturated heterocycles. The molecule has 5 heteroatoms. The number of nitrogens with zero attached hydrogens (tertiary/aromatic N) is 1. The van der Waals surface area contributed by atoms with Crippen LogP contribution in [0.15, 0.2) is 53.0 Å². The van der Waals surface area contributed by atoms with Crippen LogP contribution in [0.1, 0.15) is 17.3 Å². The maximum Gasteiger partial charge on any atom is 0.0766 e. The van der Waals surface area contributed by atoms with Crippen molar-refractivity contribution in [2.24, 2.45) is 5.73 Å². The molecule has 0 radical (unpaired) electrons. The molecule has 2 N–H and O–H groups in total. The molecular formula is C16H11BrCl2N2. The van der Waals surface area contributed by atoms with Crippen LogP contribution in [0.2, 0.25) is 10.0 Å². The van der Waals surface area contributed by atoms with Crippen LogP contribution in [0.25, 0.3) is 10.9 Å². The Hall–Kier alpha value is -1.13. The fourth-order valence-corrected chi connectivity index (χ4v) is 3.24. The van der Waals surface area contributed by atoms with Crippen LogP contribution < -0.4 is 5.73 Å². The smallest absolute Gasteiger partial charge is 0.0766 e. The van der Waals surface area contributed by atoms with Crippen molar-refractivity contribution in [2.45, 2.75) is 6.04 Å². The van der Waals surface area contributed by atoms with Gasteiger partial charge in [-0.3, -0.25) is 0 Å². The summed E-state index contributed by atoms with van der Waals surface area (Å²) in [5.41, 5.74) is 8.73. The molecule has 0 saturated carbocycles. The average Bonchev–Trinajstić information content (AvgIpc) is 2.48. The Kier molecular flexibility index (Phi) is 4.18. The molecule has 1 atom stereocenters. The Morgan fingerprint density at radius 3 is 2.62 bits per heavy atom. The summed E-state index contributed by atoms with van der Waals surface area (Å²) in [5.74, 6) is 0. The highest BCUT2D eigenvalue weighted by Gasteiger charge is 2.18. The predicted octanol–water partition coefficient (Wildman–Crippen LogP) is 5.35. The highest BCUT2D eigenvalue weighted by atomic mass is 79.9. The first-order valence-corrected chi connectivity index (χ1v) is 7.87. The van der Waals surface area contributed by atoms with Gasteiger partial charge in [-0.15, -0.1) is 0 Å². The highest BCUT2D eigenvalue weighted by molar-refractivity contribution is 9.10. The molecule has 0 aliphatic carbocycles. The summed E-state index contributed by atoms with van der Waals surface area (Å²) in [6, 6.07) is 14.9. The van der Waals surface area contributed by atoms with E-state index in [0.29, 0.717) is 10.0 Å². The summed E-state index contributed by atoms with van der Waals surface area (Å²) in [6.45, 7) is 0. The first-order chi connectivity index (χ1) is 10.1. The van der Waals surface area contributed by atoms with Crippen LogP contribution in [0.5, 0.6) is 0 Å². The topological polar surface area (TPSA) is 38.9 Å². The fraction of sp³-hybridized carbons (Fsp3) is 0.0625. The first-order valence-electron chi connectivity index (χ1n) is 6.32. The zero-order chi connectivity index (χ0) is 15.0. The Balaban J connectivity index is 2.15. The molecule has 1 heterocycles. The Morgan fingerprint density at radius 2 is 1.81 bits per heavy atom. The zero-order valence-electron chi connectivity index (χ0n) is 10.9. The first kappa shape index (κ1) is 14.8. The van der Waals surface area contributed by atoms with Gasteiger partial charge < -0.3 is 5.73 Å². The molecule has 2 aromatic carbocycles. The van der Waals surface area contributed by atoms with Crippen LogP contribution in [-0.4, -0.2) is 4.98 Å². The third-order valence-corrected chi connectivity index (χ3v) is 4.78. The number of rotatable bonds is 2. The van der Waals surface area contributed by atoms with Crippen LogP contribution in [-0.2, 0) is 0 Å². The van der Waals surface area contributed by atoms with Gasteiger partial charge in [0.25, 0.3) is 0 Å². The molecule has 3 aromatic rings. The summed E-state index contributed by atoms with van der Waals surface area (Å²) in [7, 11) is 0. The molecule has 0 spiro atoms. The van der Waals surface area contributed by atoms with E-state index in [1.165, 1.54) is 0 Å². The molecule has 3 rings (SSSR count). The number of hydrogen-bond acceptors (Lipinski definition) is 2. The lowest BCUT2D eigenvalue weighted by Crippen LogP contribution is -2.15. The minimum Gasteiger partial charge on any atom is -0.319 e. The lowest BCUT2D eigenvalue weighted by Gasteiger charge is -2.16. The van der Waals surface area contributed by atoms with E-state index >= 15 is 0 Å². The van der Waals surface area contributed by atoms with Crippen molar-refractivity contribution < 1.29 is 0 Å². The van der Waals surface area contributed by atoms with Gasteiger partial charge >= 0.3 is 0 Å². The standard InChI is InChI=1S/C16H11BrCl2N2/c17-11-8-9-4-1-2-7-13(9)21-16(11)15(20)10-5-3-6-12(18)14(10)19/h1-8,15H,20H2. The highest BCUT2D eigenvalue weighted by Crippen LogP contribution is 2.34. The molecule has 2 nitrogen and oxygen atoms in total. The minimum atomic E-state index is -0.449. The largest absolute Gasteiger partial charge is 0.319 e. The average molecular weight is 382 g/mol. The molecule has 1 unspecified atom stereocenters. The van der Waals surface area contributed by atoms with Crippen LogP contribution in [0.3, 0.4) is 0 Å². The number of halogens is 3. The van der Waals surface area contributed by atoms with Gasteiger partial charge in [-0.05, 0) is 39.7 Å². The number of hydrogen-bond donors (Lipinski definition) is 1. The number of para-hydroxylation sites is 1. The zero-order valence-corrected chi connectivity index (χ0v) is 14.0. The second-order valence-corrected chi connectivity index (χ2v) is 6.31. The van der Waals surface area contributed by atoms with Gasteiger partial charge in [-0.1, -0.05) is 53.5 Å². The van der Waals surface area contributed by atoms with E-state index < -0.39 is 6.04 Å². The van der Waals surface area contributed by atoms with E-state index in [9.17, 15) is 0 Å². The molecule has 0 aliphatic heterocycles. The van der Waals surface area contributed by atoms with Crippen LogP contribution in [0.4, 0.5) is 0 Å². The van der Waals surface area contributed by atoms with E-state index in [1.54, 1.807) is 6.07 Å². The van der Waals surface area contributed by atoms with Crippen LogP contribution >= 0.6 is 39.1 Å². The van der Waals surface area contributed by atoms with Gasteiger partial charge in [-0.2, -0.15) is 0 Å². The molecule has 0 amide bonds. The number of aromatic nitrogens is 1. The van der Waals surface area contributed by atoms with Crippen molar-refractivity contribution in [3.63, 3.8) is 0 Å². The maximum absolute atomic E-state index is 6.34. The predicted molar refractivity (Wildman–Crippen MR) is 91.9 cm³/mol. The van der Waals surface area contributed by atoms with Gasteiger partial charge in [0, 0.05) is 9.86 Å². The molecule has 0 fully saturated rings. The van der Waals surface area contributed by atoms with Gasteiger partial charge in [0.1, 0.15) is 0 Å². The lowest BCUT2D eigenvalue weighted by atomic mass is 10.0. The van der Waals surface area contributed by atoms with E-state index in [0.717, 1.165) is 26.6 Å². The van der Waals surface area contributed by atoms with Gasteiger partial charge in [0.05, 0.1) is 27.3 Å². The Bertz CT molecular complexity index is 820. The van der Waals surface area contributed by atoms with Crippen molar-refractivity contribution in [3.05, 3.63) is 74.3 Å². The van der Waals surface area contributed by atoms with Crippen LogP contribution in [0, 0.1) is 0 Å². The van der Waals surface area contributed by atoms with E-state index in [4.69, 9.17) is 28.9 Å².